The highest BCUT2D eigenvalue weighted by Crippen LogP contribution is 2.17. The van der Waals surface area contributed by atoms with Crippen molar-refractivity contribution in [3.05, 3.63) is 30.3 Å². The van der Waals surface area contributed by atoms with Crippen molar-refractivity contribution in [1.82, 2.24) is 5.32 Å². The molecule has 1 aromatic rings. The van der Waals surface area contributed by atoms with Crippen molar-refractivity contribution in [2.45, 2.75) is 31.7 Å². The number of para-hydroxylation sites is 1. The summed E-state index contributed by atoms with van der Waals surface area (Å²) in [6.07, 6.45) is 5.01. The minimum Gasteiger partial charge on any atom is -0.314 e. The fourth-order valence-electron chi connectivity index (χ4n) is 2.28. The molecule has 0 unspecified atom stereocenters. The van der Waals surface area contributed by atoms with Gasteiger partial charge in [-0.05, 0) is 25.0 Å². The van der Waals surface area contributed by atoms with E-state index < -0.39 is 0 Å². The number of hydrogen-bond donors (Lipinski definition) is 1. The molecule has 0 spiro atoms. The lowest BCUT2D eigenvalue weighted by atomic mass is 10.2. The second-order valence-electron chi connectivity index (χ2n) is 4.65. The number of rotatable bonds is 4. The Labute approximate surface area is 103 Å². The van der Waals surface area contributed by atoms with Gasteiger partial charge in [-0.25, -0.2) is 0 Å². The van der Waals surface area contributed by atoms with Crippen molar-refractivity contribution in [2.24, 2.45) is 0 Å². The summed E-state index contributed by atoms with van der Waals surface area (Å²) in [6.45, 7) is 0.441. The van der Waals surface area contributed by atoms with Crippen molar-refractivity contribution in [3.8, 4) is 0 Å². The van der Waals surface area contributed by atoms with E-state index in [-0.39, 0.29) is 5.91 Å². The van der Waals surface area contributed by atoms with Gasteiger partial charge in [-0.15, -0.1) is 0 Å². The molecular formula is C14H20N2O. The predicted molar refractivity (Wildman–Crippen MR) is 70.1 cm³/mol. The van der Waals surface area contributed by atoms with E-state index >= 15 is 0 Å². The van der Waals surface area contributed by atoms with E-state index in [1.54, 1.807) is 4.90 Å². The summed E-state index contributed by atoms with van der Waals surface area (Å²) in [5.41, 5.74) is 0.950. The minimum absolute atomic E-state index is 0.128. The summed E-state index contributed by atoms with van der Waals surface area (Å²) in [7, 11) is 1.83. The first-order valence-electron chi connectivity index (χ1n) is 6.32. The van der Waals surface area contributed by atoms with Crippen molar-refractivity contribution in [2.75, 3.05) is 18.5 Å². The average Bonchev–Trinajstić information content (AvgIpc) is 2.89. The van der Waals surface area contributed by atoms with Gasteiger partial charge in [-0.1, -0.05) is 31.0 Å². The van der Waals surface area contributed by atoms with Crippen molar-refractivity contribution in [3.63, 3.8) is 0 Å². The van der Waals surface area contributed by atoms with Crippen LogP contribution in [0.2, 0.25) is 0 Å². The van der Waals surface area contributed by atoms with Crippen LogP contribution in [0.25, 0.3) is 0 Å². The quantitative estimate of drug-likeness (QED) is 0.863. The molecule has 0 bridgehead atoms. The SMILES string of the molecule is CN(C(=O)CNC1CCCC1)c1ccccc1. The van der Waals surface area contributed by atoms with Gasteiger partial charge in [0.1, 0.15) is 0 Å². The maximum Gasteiger partial charge on any atom is 0.240 e. The van der Waals surface area contributed by atoms with Crippen LogP contribution in [0.3, 0.4) is 0 Å². The standard InChI is InChI=1S/C14H20N2O/c1-16(13-9-3-2-4-10-13)14(17)11-15-12-7-5-6-8-12/h2-4,9-10,12,15H,5-8,11H2,1H3. The third kappa shape index (κ3) is 3.30. The van der Waals surface area contributed by atoms with E-state index in [1.807, 2.05) is 37.4 Å². The van der Waals surface area contributed by atoms with E-state index in [4.69, 9.17) is 0 Å². The van der Waals surface area contributed by atoms with Crippen LogP contribution < -0.4 is 10.2 Å². The molecule has 1 amide bonds. The highest BCUT2D eigenvalue weighted by atomic mass is 16.2. The Morgan fingerprint density at radius 2 is 1.94 bits per heavy atom. The first kappa shape index (κ1) is 12.1. The van der Waals surface area contributed by atoms with Crippen LogP contribution >= 0.6 is 0 Å². The molecule has 3 heteroatoms. The lowest BCUT2D eigenvalue weighted by molar-refractivity contribution is -0.117. The molecule has 0 aromatic heterocycles. The fraction of sp³-hybridized carbons (Fsp3) is 0.500. The number of hydrogen-bond acceptors (Lipinski definition) is 2. The maximum absolute atomic E-state index is 12.0. The molecule has 0 heterocycles. The van der Waals surface area contributed by atoms with Crippen LogP contribution in [0.1, 0.15) is 25.7 Å². The molecule has 0 aliphatic heterocycles. The number of likely N-dealkylation sites (N-methyl/N-ethyl adjacent to an activating group) is 1. The summed E-state index contributed by atoms with van der Waals surface area (Å²) in [4.78, 5) is 13.7. The van der Waals surface area contributed by atoms with Gasteiger partial charge in [-0.2, -0.15) is 0 Å². The monoisotopic (exact) mass is 232 g/mol. The van der Waals surface area contributed by atoms with E-state index in [0.29, 0.717) is 12.6 Å². The first-order chi connectivity index (χ1) is 8.27. The van der Waals surface area contributed by atoms with E-state index in [0.717, 1.165) is 5.69 Å². The number of benzene rings is 1. The lowest BCUT2D eigenvalue weighted by Crippen LogP contribution is -2.39. The maximum atomic E-state index is 12.0. The topological polar surface area (TPSA) is 32.3 Å². The second kappa shape index (κ2) is 5.82. The zero-order valence-corrected chi connectivity index (χ0v) is 10.4. The van der Waals surface area contributed by atoms with E-state index in [1.165, 1.54) is 25.7 Å². The summed E-state index contributed by atoms with van der Waals surface area (Å²) in [5.74, 6) is 0.128. The Balaban J connectivity index is 1.83. The van der Waals surface area contributed by atoms with E-state index in [2.05, 4.69) is 5.32 Å². The highest BCUT2D eigenvalue weighted by molar-refractivity contribution is 5.94. The molecule has 1 saturated carbocycles. The Kier molecular flexibility index (Phi) is 4.15. The Bertz CT molecular complexity index is 358. The van der Waals surface area contributed by atoms with Gasteiger partial charge in [0.05, 0.1) is 6.54 Å². The van der Waals surface area contributed by atoms with Crippen LogP contribution in [-0.2, 0) is 4.79 Å². The number of carbonyl (C=O) groups excluding carboxylic acids is 1. The van der Waals surface area contributed by atoms with Crippen LogP contribution in [0.5, 0.6) is 0 Å². The van der Waals surface area contributed by atoms with Gasteiger partial charge in [0.2, 0.25) is 5.91 Å². The third-order valence-corrected chi connectivity index (χ3v) is 3.41. The molecule has 0 saturated heterocycles. The predicted octanol–water partition coefficient (Wildman–Crippen LogP) is 2.18. The second-order valence-corrected chi connectivity index (χ2v) is 4.65. The summed E-state index contributed by atoms with van der Waals surface area (Å²) < 4.78 is 0. The van der Waals surface area contributed by atoms with Crippen LogP contribution in [0.4, 0.5) is 5.69 Å². The Morgan fingerprint density at radius 3 is 2.59 bits per heavy atom. The molecule has 2 rings (SSSR count). The third-order valence-electron chi connectivity index (χ3n) is 3.41. The van der Waals surface area contributed by atoms with Crippen LogP contribution in [0.15, 0.2) is 30.3 Å². The Morgan fingerprint density at radius 1 is 1.29 bits per heavy atom. The minimum atomic E-state index is 0.128. The van der Waals surface area contributed by atoms with Crippen molar-refractivity contribution < 1.29 is 4.79 Å². The van der Waals surface area contributed by atoms with Crippen LogP contribution in [0, 0.1) is 0 Å². The molecule has 1 N–H and O–H groups in total. The zero-order valence-electron chi connectivity index (χ0n) is 10.4. The number of anilines is 1. The molecule has 0 atom stereocenters. The molecular weight excluding hydrogens is 212 g/mol. The normalized spacial score (nSPS) is 16.1. The van der Waals surface area contributed by atoms with Crippen molar-refractivity contribution >= 4 is 11.6 Å². The highest BCUT2D eigenvalue weighted by Gasteiger charge is 2.17. The summed E-state index contributed by atoms with van der Waals surface area (Å²) in [6, 6.07) is 10.3. The molecule has 92 valence electrons. The Hall–Kier alpha value is -1.35. The van der Waals surface area contributed by atoms with Crippen LogP contribution in [-0.4, -0.2) is 25.5 Å². The fourth-order valence-corrected chi connectivity index (χ4v) is 2.28. The largest absolute Gasteiger partial charge is 0.314 e. The van der Waals surface area contributed by atoms with Gasteiger partial charge < -0.3 is 10.2 Å². The zero-order chi connectivity index (χ0) is 12.1. The molecule has 0 radical (unpaired) electrons. The van der Waals surface area contributed by atoms with Gasteiger partial charge in [0.25, 0.3) is 0 Å². The van der Waals surface area contributed by atoms with E-state index in [9.17, 15) is 4.79 Å². The summed E-state index contributed by atoms with van der Waals surface area (Å²) >= 11 is 0. The smallest absolute Gasteiger partial charge is 0.240 e. The average molecular weight is 232 g/mol. The summed E-state index contributed by atoms with van der Waals surface area (Å²) in [5, 5.41) is 3.34. The van der Waals surface area contributed by atoms with Crippen molar-refractivity contribution in [1.29, 1.82) is 0 Å². The molecule has 1 fully saturated rings. The van der Waals surface area contributed by atoms with Gasteiger partial charge >= 0.3 is 0 Å². The molecule has 3 nitrogen and oxygen atoms in total. The van der Waals surface area contributed by atoms with Gasteiger partial charge in [-0.3, -0.25) is 4.79 Å². The van der Waals surface area contributed by atoms with Gasteiger partial charge in [0, 0.05) is 18.8 Å². The number of nitrogens with one attached hydrogen (secondary N) is 1. The molecule has 1 aromatic carbocycles. The number of amides is 1. The lowest BCUT2D eigenvalue weighted by Gasteiger charge is -2.19. The number of carbonyl (C=O) groups is 1. The molecule has 1 aliphatic carbocycles. The first-order valence-corrected chi connectivity index (χ1v) is 6.32. The molecule has 1 aliphatic rings. The molecule has 17 heavy (non-hydrogen) atoms. The number of nitrogens with zero attached hydrogens (tertiary/aromatic N) is 1. The van der Waals surface area contributed by atoms with Gasteiger partial charge in [0.15, 0.2) is 0 Å².